The van der Waals surface area contributed by atoms with Crippen molar-refractivity contribution in [1.29, 1.82) is 0 Å². The van der Waals surface area contributed by atoms with Crippen molar-refractivity contribution in [3.05, 3.63) is 71.3 Å². The summed E-state index contributed by atoms with van der Waals surface area (Å²) in [5.41, 5.74) is 0.826. The predicted molar refractivity (Wildman–Crippen MR) is 98.4 cm³/mol. The summed E-state index contributed by atoms with van der Waals surface area (Å²) in [6, 6.07) is 12.4. The van der Waals surface area contributed by atoms with Crippen LogP contribution in [0, 0.1) is 0 Å². The number of carbonyl (C=O) groups is 4. The zero-order valence-electron chi connectivity index (χ0n) is 13.8. The molecule has 0 bridgehead atoms. The normalized spacial score (nSPS) is 13.0. The summed E-state index contributed by atoms with van der Waals surface area (Å²) in [4.78, 5) is 48.4. The zero-order valence-corrected chi connectivity index (χ0v) is 14.6. The van der Waals surface area contributed by atoms with Gasteiger partial charge in [-0.3, -0.25) is 14.4 Å². The smallest absolute Gasteiger partial charge is 0.338 e. The Morgan fingerprint density at radius 1 is 1.00 bits per heavy atom. The number of halogens is 1. The molecule has 8 heteroatoms. The second-order valence-electron chi connectivity index (χ2n) is 5.53. The molecule has 0 fully saturated rings. The minimum atomic E-state index is -0.759. The fourth-order valence-corrected chi connectivity index (χ4v) is 2.59. The number of benzene rings is 2. The highest BCUT2D eigenvalue weighted by Crippen LogP contribution is 2.21. The number of ether oxygens (including phenoxy) is 1. The van der Waals surface area contributed by atoms with Crippen LogP contribution < -0.4 is 10.2 Å². The second-order valence-corrected chi connectivity index (χ2v) is 5.97. The van der Waals surface area contributed by atoms with Crippen molar-refractivity contribution >= 4 is 46.7 Å². The summed E-state index contributed by atoms with van der Waals surface area (Å²) >= 11 is 5.83. The number of rotatable bonds is 5. The molecule has 2 aromatic carbocycles. The lowest BCUT2D eigenvalue weighted by atomic mass is 10.2. The van der Waals surface area contributed by atoms with E-state index in [-0.39, 0.29) is 11.3 Å². The van der Waals surface area contributed by atoms with Gasteiger partial charge in [-0.15, -0.1) is 0 Å². The van der Waals surface area contributed by atoms with Crippen LogP contribution in [0.3, 0.4) is 0 Å². The van der Waals surface area contributed by atoms with Gasteiger partial charge >= 0.3 is 5.97 Å². The summed E-state index contributed by atoms with van der Waals surface area (Å²) in [5.74, 6) is -2.28. The molecule has 7 nitrogen and oxygen atoms in total. The number of imide groups is 1. The van der Waals surface area contributed by atoms with Crippen molar-refractivity contribution in [2.24, 2.45) is 0 Å². The molecule has 2 aromatic rings. The summed E-state index contributed by atoms with van der Waals surface area (Å²) in [6.45, 7) is -0.501. The van der Waals surface area contributed by atoms with Gasteiger partial charge in [-0.05, 0) is 36.4 Å². The first-order chi connectivity index (χ1) is 12.9. The van der Waals surface area contributed by atoms with E-state index in [4.69, 9.17) is 16.3 Å². The molecule has 0 aliphatic carbocycles. The van der Waals surface area contributed by atoms with Crippen LogP contribution in [0.2, 0.25) is 5.02 Å². The molecule has 0 radical (unpaired) electrons. The molecule has 0 aromatic heterocycles. The third kappa shape index (κ3) is 4.39. The molecule has 1 heterocycles. The Morgan fingerprint density at radius 3 is 2.41 bits per heavy atom. The number of hydrogen-bond donors (Lipinski definition) is 1. The van der Waals surface area contributed by atoms with Gasteiger partial charge in [0.15, 0.2) is 6.61 Å². The maximum Gasteiger partial charge on any atom is 0.338 e. The SMILES string of the molecule is O=C(COC(=O)c1cccc(N2C(=O)C=CC2=O)c1)Nc1cccc(Cl)c1. The van der Waals surface area contributed by atoms with Gasteiger partial charge in [0.25, 0.3) is 17.7 Å². The van der Waals surface area contributed by atoms with E-state index in [0.29, 0.717) is 10.7 Å². The summed E-state index contributed by atoms with van der Waals surface area (Å²) in [5, 5.41) is 3.01. The zero-order chi connectivity index (χ0) is 19.4. The Morgan fingerprint density at radius 2 is 1.70 bits per heavy atom. The van der Waals surface area contributed by atoms with E-state index < -0.39 is 30.3 Å². The highest BCUT2D eigenvalue weighted by Gasteiger charge is 2.25. The molecule has 3 rings (SSSR count). The van der Waals surface area contributed by atoms with E-state index in [2.05, 4.69) is 5.32 Å². The van der Waals surface area contributed by atoms with Gasteiger partial charge in [-0.25, -0.2) is 9.69 Å². The van der Waals surface area contributed by atoms with E-state index >= 15 is 0 Å². The molecular weight excluding hydrogens is 372 g/mol. The van der Waals surface area contributed by atoms with Gasteiger partial charge in [0.05, 0.1) is 11.3 Å². The molecule has 0 saturated carbocycles. The van der Waals surface area contributed by atoms with Crippen molar-refractivity contribution < 1.29 is 23.9 Å². The highest BCUT2D eigenvalue weighted by molar-refractivity contribution is 6.31. The third-order valence-corrected chi connectivity index (χ3v) is 3.83. The number of amides is 3. The largest absolute Gasteiger partial charge is 0.452 e. The van der Waals surface area contributed by atoms with Crippen molar-refractivity contribution in [3.8, 4) is 0 Å². The van der Waals surface area contributed by atoms with E-state index in [9.17, 15) is 19.2 Å². The van der Waals surface area contributed by atoms with Crippen LogP contribution in [0.1, 0.15) is 10.4 Å². The fraction of sp³-hybridized carbons (Fsp3) is 0.0526. The van der Waals surface area contributed by atoms with Crippen molar-refractivity contribution in [3.63, 3.8) is 0 Å². The fourth-order valence-electron chi connectivity index (χ4n) is 2.40. The summed E-state index contributed by atoms with van der Waals surface area (Å²) in [7, 11) is 0. The third-order valence-electron chi connectivity index (χ3n) is 3.59. The lowest BCUT2D eigenvalue weighted by Crippen LogP contribution is -2.29. The van der Waals surface area contributed by atoms with Crippen LogP contribution in [0.25, 0.3) is 0 Å². The molecular formula is C19H13ClN2O5. The molecule has 27 heavy (non-hydrogen) atoms. The van der Waals surface area contributed by atoms with Gasteiger partial charge in [0.2, 0.25) is 0 Å². The van der Waals surface area contributed by atoms with Gasteiger partial charge in [0.1, 0.15) is 0 Å². The second kappa shape index (κ2) is 7.84. The number of esters is 1. The van der Waals surface area contributed by atoms with E-state index in [1.165, 1.54) is 24.3 Å². The predicted octanol–water partition coefficient (Wildman–Crippen LogP) is 2.56. The number of nitrogens with zero attached hydrogens (tertiary/aromatic N) is 1. The van der Waals surface area contributed by atoms with Gasteiger partial charge in [-0.1, -0.05) is 23.7 Å². The van der Waals surface area contributed by atoms with E-state index in [0.717, 1.165) is 17.1 Å². The lowest BCUT2D eigenvalue weighted by molar-refractivity contribution is -0.120. The van der Waals surface area contributed by atoms with Gasteiger partial charge in [-0.2, -0.15) is 0 Å². The monoisotopic (exact) mass is 384 g/mol. The van der Waals surface area contributed by atoms with Crippen molar-refractivity contribution in [1.82, 2.24) is 0 Å². The van der Waals surface area contributed by atoms with Crippen LogP contribution in [0.15, 0.2) is 60.7 Å². The number of carbonyl (C=O) groups excluding carboxylic acids is 4. The van der Waals surface area contributed by atoms with Crippen molar-refractivity contribution in [2.45, 2.75) is 0 Å². The molecule has 1 N–H and O–H groups in total. The average Bonchev–Trinajstić information content (AvgIpc) is 2.98. The Balaban J connectivity index is 1.61. The van der Waals surface area contributed by atoms with Crippen LogP contribution in [0.5, 0.6) is 0 Å². The molecule has 136 valence electrons. The molecule has 0 unspecified atom stereocenters. The maximum atomic E-state index is 12.2. The number of nitrogens with one attached hydrogen (secondary N) is 1. The summed E-state index contributed by atoms with van der Waals surface area (Å²) < 4.78 is 4.98. The molecule has 1 aliphatic rings. The first-order valence-electron chi connectivity index (χ1n) is 7.83. The first kappa shape index (κ1) is 18.3. The molecule has 3 amide bonds. The topological polar surface area (TPSA) is 92.8 Å². The first-order valence-corrected chi connectivity index (χ1v) is 8.20. The standard InChI is InChI=1S/C19H13ClN2O5/c20-13-4-2-5-14(10-13)21-16(23)11-27-19(26)12-3-1-6-15(9-12)22-17(24)7-8-18(22)25/h1-10H,11H2,(H,21,23). The molecule has 0 spiro atoms. The molecule has 1 aliphatic heterocycles. The van der Waals surface area contributed by atoms with Crippen molar-refractivity contribution in [2.75, 3.05) is 16.8 Å². The Labute approximate surface area is 159 Å². The van der Waals surface area contributed by atoms with Gasteiger partial charge < -0.3 is 10.1 Å². The number of hydrogen-bond acceptors (Lipinski definition) is 5. The van der Waals surface area contributed by atoms with E-state index in [1.54, 1.807) is 24.3 Å². The highest BCUT2D eigenvalue weighted by atomic mass is 35.5. The van der Waals surface area contributed by atoms with Crippen LogP contribution in [-0.4, -0.2) is 30.3 Å². The Hall–Kier alpha value is -3.45. The molecule has 0 atom stereocenters. The average molecular weight is 385 g/mol. The Bertz CT molecular complexity index is 952. The Kier molecular flexibility index (Phi) is 5.33. The van der Waals surface area contributed by atoms with Crippen LogP contribution in [-0.2, 0) is 19.1 Å². The lowest BCUT2D eigenvalue weighted by Gasteiger charge is -2.14. The summed E-state index contributed by atoms with van der Waals surface area (Å²) in [6.07, 6.45) is 2.29. The number of anilines is 2. The van der Waals surface area contributed by atoms with Crippen LogP contribution >= 0.6 is 11.6 Å². The van der Waals surface area contributed by atoms with E-state index in [1.807, 2.05) is 0 Å². The van der Waals surface area contributed by atoms with Gasteiger partial charge in [0, 0.05) is 22.9 Å². The van der Waals surface area contributed by atoms with Crippen LogP contribution in [0.4, 0.5) is 11.4 Å². The minimum absolute atomic E-state index is 0.107. The minimum Gasteiger partial charge on any atom is -0.452 e. The maximum absolute atomic E-state index is 12.2. The molecule has 0 saturated heterocycles. The quantitative estimate of drug-likeness (QED) is 0.631.